The van der Waals surface area contributed by atoms with Gasteiger partial charge in [0.1, 0.15) is 29.9 Å². The zero-order valence-electron chi connectivity index (χ0n) is 24.7. The Labute approximate surface area is 271 Å². The number of amides is 3. The van der Waals surface area contributed by atoms with Crippen LogP contribution in [-0.2, 0) is 33.6 Å². The lowest BCUT2D eigenvalue weighted by Gasteiger charge is -2.40. The summed E-state index contributed by atoms with van der Waals surface area (Å²) in [5.74, 6) is -7.25. The summed E-state index contributed by atoms with van der Waals surface area (Å²) in [6.45, 7) is 1.68. The number of thioether (sulfide) groups is 2. The molecule has 0 bridgehead atoms. The van der Waals surface area contributed by atoms with Gasteiger partial charge in [0.15, 0.2) is 5.44 Å². The van der Waals surface area contributed by atoms with Crippen LogP contribution in [0.3, 0.4) is 0 Å². The molecular formula is C27H37N5O12S2. The van der Waals surface area contributed by atoms with Crippen LogP contribution in [0, 0.1) is 0 Å². The van der Waals surface area contributed by atoms with Crippen LogP contribution >= 0.6 is 23.5 Å². The Morgan fingerprint density at radius 1 is 0.826 bits per heavy atom. The molecule has 0 radical (unpaired) electrons. The normalized spacial score (nSPS) is 18.1. The van der Waals surface area contributed by atoms with Gasteiger partial charge in [0.2, 0.25) is 17.7 Å². The van der Waals surface area contributed by atoms with Gasteiger partial charge in [-0.1, -0.05) is 12.1 Å². The summed E-state index contributed by atoms with van der Waals surface area (Å²) in [6.07, 6.45) is -0.964. The molecule has 17 nitrogen and oxygen atoms in total. The van der Waals surface area contributed by atoms with Crippen LogP contribution < -0.4 is 31.7 Å². The molecule has 254 valence electrons. The van der Waals surface area contributed by atoms with Crippen LogP contribution in [-0.4, -0.2) is 115 Å². The number of carbonyl (C=O) groups is 7. The van der Waals surface area contributed by atoms with Crippen molar-refractivity contribution in [2.45, 2.75) is 68.3 Å². The molecule has 2 rings (SSSR count). The van der Waals surface area contributed by atoms with Crippen molar-refractivity contribution in [3.63, 3.8) is 0 Å². The molecule has 1 aromatic carbocycles. The van der Waals surface area contributed by atoms with Crippen molar-refractivity contribution in [2.24, 2.45) is 11.5 Å². The first-order valence-electron chi connectivity index (χ1n) is 13.9. The average molecular weight is 688 g/mol. The summed E-state index contributed by atoms with van der Waals surface area (Å²) >= 11 is 1.99. The summed E-state index contributed by atoms with van der Waals surface area (Å²) < 4.78 is 6.04. The van der Waals surface area contributed by atoms with E-state index in [1.807, 2.05) is 0 Å². The van der Waals surface area contributed by atoms with E-state index in [9.17, 15) is 43.8 Å². The molecule has 1 aliphatic rings. The van der Waals surface area contributed by atoms with Crippen LogP contribution in [0.4, 0.5) is 5.69 Å². The maximum atomic E-state index is 13.4. The van der Waals surface area contributed by atoms with Crippen LogP contribution in [0.15, 0.2) is 24.3 Å². The monoisotopic (exact) mass is 687 g/mol. The molecule has 0 aliphatic carbocycles. The zero-order chi connectivity index (χ0) is 34.6. The van der Waals surface area contributed by atoms with Crippen molar-refractivity contribution in [3.8, 4) is 5.75 Å². The number of aliphatic carboxylic acids is 4. The first-order valence-corrected chi connectivity index (χ1v) is 16.1. The number of rotatable bonds is 19. The van der Waals surface area contributed by atoms with Gasteiger partial charge in [-0.25, -0.2) is 9.59 Å². The predicted molar refractivity (Wildman–Crippen MR) is 166 cm³/mol. The number of carboxylic acid groups (broad SMARTS) is 4. The Balaban J connectivity index is 2.03. The van der Waals surface area contributed by atoms with Gasteiger partial charge >= 0.3 is 23.9 Å². The zero-order valence-corrected chi connectivity index (χ0v) is 26.3. The standard InChI is InChI=1S/C27H37N5O12S2/c1-13-27(46-11-17(26(42)43)31-21(34)9-7-15(29)24(38)39)44-19-5-3-2-4-18(19)32(13)22(35)12-45-10-16(25(40)41)30-20(33)8-6-14(28)23(36)37/h2-5,13-17,27H,6-12,28-29H2,1H3,(H,30,33)(H,31,34)(H,36,37)(H,38,39)(H,40,41)(H,42,43)/t13-,14-,15-,16-,17+,27+/m0/s1. The molecule has 0 spiro atoms. The molecule has 0 saturated carbocycles. The van der Waals surface area contributed by atoms with E-state index in [2.05, 4.69) is 10.6 Å². The number of nitrogens with one attached hydrogen (secondary N) is 2. The third-order valence-electron chi connectivity index (χ3n) is 6.64. The van der Waals surface area contributed by atoms with E-state index < -0.39 is 77.2 Å². The lowest BCUT2D eigenvalue weighted by molar-refractivity contribution is -0.141. The Morgan fingerprint density at radius 3 is 1.83 bits per heavy atom. The third-order valence-corrected chi connectivity index (χ3v) is 9.01. The minimum absolute atomic E-state index is 0.155. The van der Waals surface area contributed by atoms with Gasteiger partial charge in [-0.2, -0.15) is 0 Å². The van der Waals surface area contributed by atoms with Crippen molar-refractivity contribution >= 4 is 70.8 Å². The molecular weight excluding hydrogens is 650 g/mol. The van der Waals surface area contributed by atoms with E-state index in [4.69, 9.17) is 26.4 Å². The van der Waals surface area contributed by atoms with Crippen molar-refractivity contribution in [2.75, 3.05) is 22.2 Å². The number of nitrogens with two attached hydrogens (primary N) is 2. The maximum Gasteiger partial charge on any atom is 0.327 e. The number of benzene rings is 1. The van der Waals surface area contributed by atoms with Crippen LogP contribution in [0.25, 0.3) is 0 Å². The summed E-state index contributed by atoms with van der Waals surface area (Å²) in [4.78, 5) is 84.5. The number of carbonyl (C=O) groups excluding carboxylic acids is 3. The molecule has 0 unspecified atom stereocenters. The molecule has 1 heterocycles. The number of nitrogens with zero attached hydrogens (tertiary/aromatic N) is 1. The minimum Gasteiger partial charge on any atom is -0.480 e. The first kappa shape index (κ1) is 38.1. The fourth-order valence-corrected chi connectivity index (χ4v) is 6.16. The van der Waals surface area contributed by atoms with Crippen molar-refractivity contribution < 1.29 is 58.7 Å². The van der Waals surface area contributed by atoms with Gasteiger partial charge in [0, 0.05) is 24.3 Å². The predicted octanol–water partition coefficient (Wildman–Crippen LogP) is -0.884. The minimum atomic E-state index is -1.35. The van der Waals surface area contributed by atoms with Gasteiger partial charge in [0.05, 0.1) is 17.5 Å². The second-order valence-electron chi connectivity index (χ2n) is 10.2. The van der Waals surface area contributed by atoms with Gasteiger partial charge in [-0.3, -0.25) is 24.0 Å². The van der Waals surface area contributed by atoms with Crippen molar-refractivity contribution in [1.29, 1.82) is 0 Å². The lowest BCUT2D eigenvalue weighted by Crippen LogP contribution is -2.51. The molecule has 3 amide bonds. The van der Waals surface area contributed by atoms with Gasteiger partial charge in [0.25, 0.3) is 0 Å². The number of fused-ring (bicyclic) bond motifs is 1. The van der Waals surface area contributed by atoms with E-state index in [0.29, 0.717) is 11.4 Å². The SMILES string of the molecule is C[C@H]1[C@@H](SC[C@@H](NC(=O)CC[C@H](N)C(=O)O)C(=O)O)Oc2ccccc2N1C(=O)CSC[C@H](NC(=O)CC[C@H](N)C(=O)O)C(=O)O. The number of ether oxygens (including phenoxy) is 1. The Hall–Kier alpha value is -4.07. The van der Waals surface area contributed by atoms with E-state index in [0.717, 1.165) is 23.5 Å². The molecule has 0 aromatic heterocycles. The summed E-state index contributed by atoms with van der Waals surface area (Å²) in [7, 11) is 0. The lowest BCUT2D eigenvalue weighted by atomic mass is 10.1. The second-order valence-corrected chi connectivity index (χ2v) is 12.4. The van der Waals surface area contributed by atoms with E-state index in [-0.39, 0.29) is 42.9 Å². The highest BCUT2D eigenvalue weighted by Crippen LogP contribution is 2.39. The molecule has 0 fully saturated rings. The van der Waals surface area contributed by atoms with Gasteiger partial charge in [-0.15, -0.1) is 23.5 Å². The highest BCUT2D eigenvalue weighted by atomic mass is 32.2. The van der Waals surface area contributed by atoms with Gasteiger partial charge in [-0.05, 0) is 31.9 Å². The number of hydrogen-bond acceptors (Lipinski definition) is 12. The Kier molecular flexibility index (Phi) is 15.1. The molecule has 6 atom stereocenters. The summed E-state index contributed by atoms with van der Waals surface area (Å²) in [5.41, 5.74) is 10.4. The van der Waals surface area contributed by atoms with Gasteiger partial charge < -0.3 is 52.2 Å². The maximum absolute atomic E-state index is 13.4. The molecule has 10 N–H and O–H groups in total. The van der Waals surface area contributed by atoms with Crippen LogP contribution in [0.5, 0.6) is 5.75 Å². The molecule has 0 saturated heterocycles. The highest BCUT2D eigenvalue weighted by molar-refractivity contribution is 8.00. The Morgan fingerprint density at radius 2 is 1.33 bits per heavy atom. The van der Waals surface area contributed by atoms with E-state index in [1.54, 1.807) is 31.2 Å². The summed E-state index contributed by atoms with van der Waals surface area (Å²) in [5, 5.41) is 41.5. The van der Waals surface area contributed by atoms with Crippen LogP contribution in [0.2, 0.25) is 0 Å². The molecule has 1 aliphatic heterocycles. The highest BCUT2D eigenvalue weighted by Gasteiger charge is 2.38. The molecule has 1 aromatic rings. The largest absolute Gasteiger partial charge is 0.480 e. The Bertz CT molecular complexity index is 1300. The fourth-order valence-electron chi connectivity index (χ4n) is 4.08. The molecule has 19 heteroatoms. The van der Waals surface area contributed by atoms with E-state index in [1.165, 1.54) is 4.90 Å². The van der Waals surface area contributed by atoms with Crippen molar-refractivity contribution in [1.82, 2.24) is 10.6 Å². The topological polar surface area (TPSA) is 289 Å². The summed E-state index contributed by atoms with van der Waals surface area (Å²) in [6, 6.07) is 0.751. The number of para-hydroxylation sites is 2. The first-order chi connectivity index (χ1) is 21.6. The number of anilines is 1. The number of carboxylic acids is 4. The second kappa shape index (κ2) is 18.2. The van der Waals surface area contributed by atoms with Crippen molar-refractivity contribution in [3.05, 3.63) is 24.3 Å². The van der Waals surface area contributed by atoms with Crippen LogP contribution in [0.1, 0.15) is 32.6 Å². The fraction of sp³-hybridized carbons (Fsp3) is 0.519. The quantitative estimate of drug-likeness (QED) is 0.0875. The third kappa shape index (κ3) is 11.7. The molecule has 46 heavy (non-hydrogen) atoms. The average Bonchev–Trinajstić information content (AvgIpc) is 2.99. The smallest absolute Gasteiger partial charge is 0.327 e. The van der Waals surface area contributed by atoms with E-state index >= 15 is 0 Å². The number of hydrogen-bond donors (Lipinski definition) is 8.